The standard InChI is InChI=1S/C13H13BrN4O2/c1-8-3-4-10(5-15-8)6-16-13-12(14)9(2)11(7-17-13)18(19)20/h3-5,7H,6H2,1-2H3,(H,16,17). The molecular weight excluding hydrogens is 324 g/mol. The van der Waals surface area contributed by atoms with Gasteiger partial charge in [0.1, 0.15) is 12.0 Å². The Morgan fingerprint density at radius 1 is 1.30 bits per heavy atom. The minimum Gasteiger partial charge on any atom is -0.365 e. The molecule has 104 valence electrons. The van der Waals surface area contributed by atoms with Crippen molar-refractivity contribution in [2.45, 2.75) is 20.4 Å². The highest BCUT2D eigenvalue weighted by atomic mass is 79.9. The number of pyridine rings is 2. The maximum absolute atomic E-state index is 10.8. The van der Waals surface area contributed by atoms with Crippen LogP contribution in [-0.2, 0) is 6.54 Å². The third kappa shape index (κ3) is 3.11. The van der Waals surface area contributed by atoms with Gasteiger partial charge in [0, 0.05) is 24.0 Å². The number of nitro groups is 1. The van der Waals surface area contributed by atoms with Crippen LogP contribution in [0.25, 0.3) is 0 Å². The van der Waals surface area contributed by atoms with Crippen molar-refractivity contribution in [1.82, 2.24) is 9.97 Å². The van der Waals surface area contributed by atoms with Crippen LogP contribution in [0.1, 0.15) is 16.8 Å². The summed E-state index contributed by atoms with van der Waals surface area (Å²) in [6.07, 6.45) is 3.05. The van der Waals surface area contributed by atoms with Crippen LogP contribution in [0.15, 0.2) is 29.0 Å². The Morgan fingerprint density at radius 2 is 2.05 bits per heavy atom. The Morgan fingerprint density at radius 3 is 2.65 bits per heavy atom. The second kappa shape index (κ2) is 5.96. The Bertz CT molecular complexity index is 644. The van der Waals surface area contributed by atoms with E-state index in [2.05, 4.69) is 31.2 Å². The molecule has 0 radical (unpaired) electrons. The number of hydrogen-bond donors (Lipinski definition) is 1. The van der Waals surface area contributed by atoms with Crippen molar-refractivity contribution in [3.8, 4) is 0 Å². The quantitative estimate of drug-likeness (QED) is 0.683. The van der Waals surface area contributed by atoms with E-state index in [1.54, 1.807) is 13.1 Å². The molecule has 0 aliphatic heterocycles. The van der Waals surface area contributed by atoms with Gasteiger partial charge in [-0.05, 0) is 41.4 Å². The summed E-state index contributed by atoms with van der Waals surface area (Å²) in [6.45, 7) is 4.16. The monoisotopic (exact) mass is 336 g/mol. The molecule has 0 aromatic carbocycles. The number of nitrogens with zero attached hydrogens (tertiary/aromatic N) is 3. The maximum atomic E-state index is 10.8. The Hall–Kier alpha value is -2.02. The molecule has 2 heterocycles. The summed E-state index contributed by atoms with van der Waals surface area (Å²) in [7, 11) is 0. The number of hydrogen-bond acceptors (Lipinski definition) is 5. The molecule has 0 bridgehead atoms. The van der Waals surface area contributed by atoms with Gasteiger partial charge in [0.2, 0.25) is 0 Å². The smallest absolute Gasteiger partial charge is 0.291 e. The van der Waals surface area contributed by atoms with E-state index in [1.165, 1.54) is 6.20 Å². The van der Waals surface area contributed by atoms with Crippen LogP contribution in [0.5, 0.6) is 0 Å². The first-order valence-electron chi connectivity index (χ1n) is 5.94. The van der Waals surface area contributed by atoms with Gasteiger partial charge in [-0.25, -0.2) is 4.98 Å². The number of rotatable bonds is 4. The fraction of sp³-hybridized carbons (Fsp3) is 0.231. The molecule has 6 nitrogen and oxygen atoms in total. The number of aromatic nitrogens is 2. The topological polar surface area (TPSA) is 81.0 Å². The molecule has 0 amide bonds. The molecule has 1 N–H and O–H groups in total. The molecule has 0 spiro atoms. The molecule has 0 saturated carbocycles. The average Bonchev–Trinajstić information content (AvgIpc) is 2.42. The third-order valence-electron chi connectivity index (χ3n) is 2.87. The lowest BCUT2D eigenvalue weighted by Gasteiger charge is -2.09. The molecule has 0 aliphatic rings. The molecule has 0 unspecified atom stereocenters. The van der Waals surface area contributed by atoms with Gasteiger partial charge in [-0.1, -0.05) is 6.07 Å². The van der Waals surface area contributed by atoms with E-state index in [0.29, 0.717) is 22.4 Å². The fourth-order valence-electron chi connectivity index (χ4n) is 1.67. The summed E-state index contributed by atoms with van der Waals surface area (Å²) in [5, 5.41) is 13.9. The van der Waals surface area contributed by atoms with Gasteiger partial charge < -0.3 is 5.32 Å². The SMILES string of the molecule is Cc1ccc(CNc2ncc([N+](=O)[O-])c(C)c2Br)cn1. The third-order valence-corrected chi connectivity index (χ3v) is 3.84. The van der Waals surface area contributed by atoms with Crippen LogP contribution >= 0.6 is 15.9 Å². The molecule has 0 fully saturated rings. The highest BCUT2D eigenvalue weighted by molar-refractivity contribution is 9.10. The van der Waals surface area contributed by atoms with Crippen molar-refractivity contribution in [3.05, 3.63) is 55.9 Å². The first kappa shape index (κ1) is 14.4. The van der Waals surface area contributed by atoms with Gasteiger partial charge >= 0.3 is 0 Å². The minimum atomic E-state index is -0.444. The van der Waals surface area contributed by atoms with E-state index in [4.69, 9.17) is 0 Å². The normalized spacial score (nSPS) is 10.3. The van der Waals surface area contributed by atoms with Gasteiger partial charge in [0.25, 0.3) is 5.69 Å². The van der Waals surface area contributed by atoms with Crippen LogP contribution in [0, 0.1) is 24.0 Å². The van der Waals surface area contributed by atoms with Crippen molar-refractivity contribution in [2.24, 2.45) is 0 Å². The summed E-state index contributed by atoms with van der Waals surface area (Å²) >= 11 is 3.34. The average molecular weight is 337 g/mol. The van der Waals surface area contributed by atoms with Gasteiger partial charge in [-0.2, -0.15) is 0 Å². The second-order valence-corrected chi connectivity index (χ2v) is 5.14. The molecule has 20 heavy (non-hydrogen) atoms. The van der Waals surface area contributed by atoms with Crippen molar-refractivity contribution in [2.75, 3.05) is 5.32 Å². The largest absolute Gasteiger partial charge is 0.365 e. The molecule has 2 rings (SSSR count). The van der Waals surface area contributed by atoms with Crippen molar-refractivity contribution in [1.29, 1.82) is 0 Å². The summed E-state index contributed by atoms with van der Waals surface area (Å²) < 4.78 is 0.603. The predicted molar refractivity (Wildman–Crippen MR) is 79.6 cm³/mol. The highest BCUT2D eigenvalue weighted by Gasteiger charge is 2.16. The molecule has 0 atom stereocenters. The number of nitrogens with one attached hydrogen (secondary N) is 1. The lowest BCUT2D eigenvalue weighted by molar-refractivity contribution is -0.385. The van der Waals surface area contributed by atoms with Crippen LogP contribution in [0.2, 0.25) is 0 Å². The van der Waals surface area contributed by atoms with Crippen LogP contribution in [-0.4, -0.2) is 14.9 Å². The minimum absolute atomic E-state index is 0.000530. The van der Waals surface area contributed by atoms with E-state index in [1.807, 2.05) is 19.1 Å². The Kier molecular flexibility index (Phi) is 4.29. The first-order valence-corrected chi connectivity index (χ1v) is 6.73. The Balaban J connectivity index is 2.16. The highest BCUT2D eigenvalue weighted by Crippen LogP contribution is 2.30. The lowest BCUT2D eigenvalue weighted by Crippen LogP contribution is -2.04. The van der Waals surface area contributed by atoms with Crippen molar-refractivity contribution in [3.63, 3.8) is 0 Å². The predicted octanol–water partition coefficient (Wildman–Crippen LogP) is 3.38. The van der Waals surface area contributed by atoms with Crippen LogP contribution in [0.3, 0.4) is 0 Å². The first-order chi connectivity index (χ1) is 9.49. The van der Waals surface area contributed by atoms with Gasteiger partial charge in [0.15, 0.2) is 0 Å². The maximum Gasteiger partial charge on any atom is 0.291 e. The second-order valence-electron chi connectivity index (χ2n) is 4.35. The molecule has 0 aliphatic carbocycles. The number of anilines is 1. The summed E-state index contributed by atoms with van der Waals surface area (Å²) in [5.41, 5.74) is 2.52. The van der Waals surface area contributed by atoms with Gasteiger partial charge in [-0.15, -0.1) is 0 Å². The van der Waals surface area contributed by atoms with Crippen LogP contribution in [0.4, 0.5) is 11.5 Å². The summed E-state index contributed by atoms with van der Waals surface area (Å²) in [4.78, 5) is 18.6. The molecule has 2 aromatic heterocycles. The number of halogens is 1. The lowest BCUT2D eigenvalue weighted by atomic mass is 10.2. The van der Waals surface area contributed by atoms with E-state index in [-0.39, 0.29) is 5.69 Å². The zero-order chi connectivity index (χ0) is 14.7. The van der Waals surface area contributed by atoms with Gasteiger partial charge in [-0.3, -0.25) is 15.1 Å². The molecule has 2 aromatic rings. The zero-order valence-electron chi connectivity index (χ0n) is 11.1. The van der Waals surface area contributed by atoms with E-state index in [9.17, 15) is 10.1 Å². The zero-order valence-corrected chi connectivity index (χ0v) is 12.6. The van der Waals surface area contributed by atoms with E-state index in [0.717, 1.165) is 11.3 Å². The van der Waals surface area contributed by atoms with E-state index >= 15 is 0 Å². The van der Waals surface area contributed by atoms with Crippen molar-refractivity contribution < 1.29 is 4.92 Å². The summed E-state index contributed by atoms with van der Waals surface area (Å²) in [6, 6.07) is 3.90. The summed E-state index contributed by atoms with van der Waals surface area (Å²) in [5.74, 6) is 0.577. The molecule has 0 saturated heterocycles. The van der Waals surface area contributed by atoms with Crippen LogP contribution < -0.4 is 5.32 Å². The molecule has 7 heteroatoms. The number of aryl methyl sites for hydroxylation is 1. The molecular formula is C13H13BrN4O2. The van der Waals surface area contributed by atoms with E-state index < -0.39 is 4.92 Å². The Labute approximate surface area is 124 Å². The fourth-order valence-corrected chi connectivity index (χ4v) is 2.11. The van der Waals surface area contributed by atoms with Gasteiger partial charge in [0.05, 0.1) is 9.40 Å². The van der Waals surface area contributed by atoms with Crippen molar-refractivity contribution >= 4 is 27.4 Å².